The Kier molecular flexibility index (Phi) is 4.99. The molecule has 0 aromatic heterocycles. The molecule has 0 radical (unpaired) electrons. The molecule has 0 bridgehead atoms. The molecule has 0 amide bonds. The molecule has 140 valence electrons. The third-order valence-electron chi connectivity index (χ3n) is 5.77. The molecule has 1 unspecified atom stereocenters. The van der Waals surface area contributed by atoms with Crippen molar-refractivity contribution in [2.45, 2.75) is 31.4 Å². The van der Waals surface area contributed by atoms with E-state index in [1.54, 1.807) is 0 Å². The second-order valence-electron chi connectivity index (χ2n) is 7.68. The summed E-state index contributed by atoms with van der Waals surface area (Å²) in [6.45, 7) is 4.86. The summed E-state index contributed by atoms with van der Waals surface area (Å²) in [7, 11) is 3.92. The predicted octanol–water partition coefficient (Wildman–Crippen LogP) is 4.17. The van der Waals surface area contributed by atoms with Crippen molar-refractivity contribution in [3.8, 4) is 6.07 Å². The molecule has 0 aliphatic carbocycles. The zero-order valence-electron chi connectivity index (χ0n) is 16.5. The summed E-state index contributed by atoms with van der Waals surface area (Å²) in [5.41, 5.74) is 2.79. The van der Waals surface area contributed by atoms with Crippen LogP contribution in [0, 0.1) is 11.3 Å². The lowest BCUT2D eigenvalue weighted by Gasteiger charge is -2.39. The summed E-state index contributed by atoms with van der Waals surface area (Å²) in [5, 5.41) is 20.2. The fourth-order valence-electron chi connectivity index (χ4n) is 3.82. The maximum atomic E-state index is 11.5. The van der Waals surface area contributed by atoms with E-state index in [9.17, 15) is 5.11 Å². The molecule has 0 fully saturated rings. The molecule has 2 aromatic carbocycles. The number of nitrogens with zero attached hydrogens (tertiary/aromatic N) is 3. The van der Waals surface area contributed by atoms with Crippen LogP contribution in [-0.2, 0) is 5.41 Å². The average Bonchev–Trinajstić information content (AvgIpc) is 2.83. The van der Waals surface area contributed by atoms with Crippen molar-refractivity contribution in [1.82, 2.24) is 0 Å². The van der Waals surface area contributed by atoms with Gasteiger partial charge in [-0.15, -0.1) is 0 Å². The van der Waals surface area contributed by atoms with E-state index in [1.165, 1.54) is 0 Å². The van der Waals surface area contributed by atoms with Crippen LogP contribution < -0.4 is 9.80 Å². The van der Waals surface area contributed by atoms with Crippen LogP contribution in [0.3, 0.4) is 0 Å². The number of likely N-dealkylation sites (N-methyl/N-ethyl adjacent to an activating group) is 1. The third-order valence-corrected chi connectivity index (χ3v) is 5.77. The molecule has 1 aliphatic rings. The lowest BCUT2D eigenvalue weighted by atomic mass is 9.77. The monoisotopic (exact) mass is 361 g/mol. The number of aliphatic hydroxyl groups is 1. The van der Waals surface area contributed by atoms with Gasteiger partial charge in [-0.3, -0.25) is 0 Å². The van der Waals surface area contributed by atoms with E-state index < -0.39 is 11.1 Å². The summed E-state index contributed by atoms with van der Waals surface area (Å²) in [5.74, 6) is 0. The smallest absolute Gasteiger partial charge is 0.166 e. The van der Waals surface area contributed by atoms with Crippen molar-refractivity contribution < 1.29 is 5.11 Å². The van der Waals surface area contributed by atoms with E-state index in [-0.39, 0.29) is 0 Å². The molecule has 0 saturated carbocycles. The van der Waals surface area contributed by atoms with Gasteiger partial charge >= 0.3 is 0 Å². The van der Waals surface area contributed by atoms with Gasteiger partial charge in [0.25, 0.3) is 0 Å². The van der Waals surface area contributed by atoms with Gasteiger partial charge in [0.1, 0.15) is 0 Å². The number of nitriles is 1. The summed E-state index contributed by atoms with van der Waals surface area (Å²) in [6, 6.07) is 18.5. The molecule has 27 heavy (non-hydrogen) atoms. The minimum atomic E-state index is -1.10. The zero-order chi connectivity index (χ0) is 19.7. The van der Waals surface area contributed by atoms with Gasteiger partial charge < -0.3 is 14.9 Å². The lowest BCUT2D eigenvalue weighted by Crippen LogP contribution is -2.52. The lowest BCUT2D eigenvalue weighted by molar-refractivity contribution is 0.0348. The second-order valence-corrected chi connectivity index (χ2v) is 7.68. The normalized spacial score (nSPS) is 20.5. The maximum Gasteiger partial charge on any atom is 0.166 e. The summed E-state index contributed by atoms with van der Waals surface area (Å²) in [4.78, 5) is 4.01. The highest BCUT2D eigenvalue weighted by Gasteiger charge is 2.53. The zero-order valence-corrected chi connectivity index (χ0v) is 16.5. The Morgan fingerprint density at radius 2 is 1.81 bits per heavy atom. The van der Waals surface area contributed by atoms with E-state index in [1.807, 2.05) is 67.5 Å². The van der Waals surface area contributed by atoms with Gasteiger partial charge in [-0.25, -0.2) is 0 Å². The Hall–Kier alpha value is -2.77. The van der Waals surface area contributed by atoms with Crippen LogP contribution in [0.2, 0.25) is 0 Å². The number of fused-ring (bicyclic) bond motifs is 1. The Labute approximate surface area is 162 Å². The van der Waals surface area contributed by atoms with Gasteiger partial charge in [0.2, 0.25) is 0 Å². The minimum Gasteiger partial charge on any atom is -0.374 e. The summed E-state index contributed by atoms with van der Waals surface area (Å²) in [6.07, 6.45) is 4.37. The van der Waals surface area contributed by atoms with Gasteiger partial charge in [-0.2, -0.15) is 5.26 Å². The third kappa shape index (κ3) is 3.20. The van der Waals surface area contributed by atoms with Crippen LogP contribution in [0.1, 0.15) is 31.4 Å². The molecule has 0 saturated heterocycles. The first kappa shape index (κ1) is 19.0. The number of rotatable bonds is 5. The van der Waals surface area contributed by atoms with E-state index in [4.69, 9.17) is 5.26 Å². The van der Waals surface area contributed by atoms with Crippen LogP contribution in [0.15, 0.2) is 54.6 Å². The van der Waals surface area contributed by atoms with Crippen LogP contribution in [0.25, 0.3) is 6.08 Å². The molecular formula is C23H27N3O. The first-order valence-electron chi connectivity index (χ1n) is 9.24. The van der Waals surface area contributed by atoms with Crippen LogP contribution in [0.5, 0.6) is 0 Å². The highest BCUT2D eigenvalue weighted by molar-refractivity contribution is 5.68. The van der Waals surface area contributed by atoms with E-state index in [0.29, 0.717) is 13.0 Å². The summed E-state index contributed by atoms with van der Waals surface area (Å²) < 4.78 is 0. The van der Waals surface area contributed by atoms with Gasteiger partial charge in [0, 0.05) is 37.4 Å². The minimum absolute atomic E-state index is 0.424. The number of anilines is 2. The molecule has 4 nitrogen and oxygen atoms in total. The van der Waals surface area contributed by atoms with Crippen molar-refractivity contribution in [3.05, 3.63) is 65.7 Å². The van der Waals surface area contributed by atoms with Crippen LogP contribution in [-0.4, -0.2) is 31.5 Å². The quantitative estimate of drug-likeness (QED) is 0.868. The predicted molar refractivity (Wildman–Crippen MR) is 112 cm³/mol. The van der Waals surface area contributed by atoms with Crippen molar-refractivity contribution >= 4 is 17.5 Å². The van der Waals surface area contributed by atoms with Gasteiger partial charge in [-0.1, -0.05) is 50.3 Å². The van der Waals surface area contributed by atoms with Gasteiger partial charge in [0.15, 0.2) is 5.72 Å². The number of hydrogen-bond acceptors (Lipinski definition) is 4. The van der Waals surface area contributed by atoms with Crippen LogP contribution >= 0.6 is 0 Å². The van der Waals surface area contributed by atoms with E-state index >= 15 is 0 Å². The maximum absolute atomic E-state index is 11.5. The van der Waals surface area contributed by atoms with Crippen molar-refractivity contribution in [3.63, 3.8) is 0 Å². The number of benzene rings is 2. The molecule has 1 N–H and O–H groups in total. The second kappa shape index (κ2) is 7.09. The first-order chi connectivity index (χ1) is 12.8. The largest absolute Gasteiger partial charge is 0.374 e. The Bertz CT molecular complexity index is 879. The standard InChI is InChI=1S/C23H27N3O/c1-22(2)20-8-5-6-9-21(20)26(4)23(22,27)15-14-18-10-12-19(13-11-18)25(3)17-7-16-24/h5-6,8-15,27H,7,17H2,1-4H3/b15-14+. The summed E-state index contributed by atoms with van der Waals surface area (Å²) >= 11 is 0. The van der Waals surface area contributed by atoms with Crippen molar-refractivity contribution in [2.24, 2.45) is 0 Å². The Morgan fingerprint density at radius 3 is 2.44 bits per heavy atom. The van der Waals surface area contributed by atoms with E-state index in [2.05, 4.69) is 36.9 Å². The Balaban J connectivity index is 1.83. The SMILES string of the molecule is CN(CCC#N)c1ccc(/C=C/C2(O)N(C)c3ccccc3C2(C)C)cc1. The van der Waals surface area contributed by atoms with Gasteiger partial charge in [0.05, 0.1) is 12.5 Å². The molecule has 4 heteroatoms. The molecule has 1 heterocycles. The molecular weight excluding hydrogens is 334 g/mol. The fourth-order valence-corrected chi connectivity index (χ4v) is 3.82. The topological polar surface area (TPSA) is 50.5 Å². The number of hydrogen-bond donors (Lipinski definition) is 1. The first-order valence-corrected chi connectivity index (χ1v) is 9.24. The van der Waals surface area contributed by atoms with Crippen LogP contribution in [0.4, 0.5) is 11.4 Å². The highest BCUT2D eigenvalue weighted by atomic mass is 16.3. The van der Waals surface area contributed by atoms with E-state index in [0.717, 1.165) is 22.5 Å². The molecule has 0 spiro atoms. The van der Waals surface area contributed by atoms with Crippen molar-refractivity contribution in [2.75, 3.05) is 30.4 Å². The van der Waals surface area contributed by atoms with Crippen molar-refractivity contribution in [1.29, 1.82) is 5.26 Å². The number of para-hydroxylation sites is 1. The fraction of sp³-hybridized carbons (Fsp3) is 0.348. The molecule has 1 aliphatic heterocycles. The molecule has 1 atom stereocenters. The molecule has 2 aromatic rings. The molecule has 3 rings (SSSR count). The van der Waals surface area contributed by atoms with Gasteiger partial charge in [-0.05, 0) is 35.4 Å². The average molecular weight is 361 g/mol. The highest BCUT2D eigenvalue weighted by Crippen LogP contribution is 2.50. The Morgan fingerprint density at radius 1 is 1.15 bits per heavy atom.